The third-order valence-electron chi connectivity index (χ3n) is 2.40. The molecule has 4 nitrogen and oxygen atoms in total. The molecule has 0 saturated carbocycles. The van der Waals surface area contributed by atoms with Gasteiger partial charge in [-0.15, -0.1) is 0 Å². The summed E-state index contributed by atoms with van der Waals surface area (Å²) < 4.78 is 5.42. The topological polar surface area (TPSA) is 46.0 Å². The summed E-state index contributed by atoms with van der Waals surface area (Å²) in [4.78, 5) is 0. The number of benzene rings is 1. The maximum atomic E-state index is 5.76. The minimum Gasteiger partial charge on any atom is -0.376 e. The van der Waals surface area contributed by atoms with Crippen LogP contribution in [0.15, 0.2) is 34.6 Å². The Balaban J connectivity index is 1.73. The molecular weight excluding hydrogens is 226 g/mol. The summed E-state index contributed by atoms with van der Waals surface area (Å²) in [6.45, 7) is 1.48. The quantitative estimate of drug-likeness (QED) is 0.647. The minimum absolute atomic E-state index is 0.246. The van der Waals surface area contributed by atoms with E-state index in [9.17, 15) is 0 Å². The fourth-order valence-electron chi connectivity index (χ4n) is 1.54. The highest BCUT2D eigenvalue weighted by Gasteiger charge is 2.14. The van der Waals surface area contributed by atoms with Crippen LogP contribution in [0.2, 0.25) is 5.02 Å². The van der Waals surface area contributed by atoms with Gasteiger partial charge in [-0.1, -0.05) is 16.8 Å². The van der Waals surface area contributed by atoms with E-state index in [-0.39, 0.29) is 6.10 Å². The van der Waals surface area contributed by atoms with Crippen molar-refractivity contribution in [1.82, 2.24) is 0 Å². The van der Waals surface area contributed by atoms with Crippen molar-refractivity contribution < 1.29 is 4.74 Å². The molecule has 1 aliphatic rings. The van der Waals surface area contributed by atoms with Crippen molar-refractivity contribution in [2.75, 3.05) is 18.6 Å². The van der Waals surface area contributed by atoms with E-state index in [1.807, 2.05) is 12.1 Å². The summed E-state index contributed by atoms with van der Waals surface area (Å²) in [6.07, 6.45) is 2.46. The number of hydrogen-bond donors (Lipinski definition) is 1. The first kappa shape index (κ1) is 11.4. The molecule has 1 N–H and O–H groups in total. The second-order valence-electron chi connectivity index (χ2n) is 3.68. The standard InChI is InChI=1S/C11H14ClN3O/c12-9-3-5-10(6-4-9)14-15-13-8-11-2-1-7-16-11/h3-6,11H,1-2,7-8H2,(H,13,14). The number of hydrogen-bond acceptors (Lipinski definition) is 3. The van der Waals surface area contributed by atoms with E-state index < -0.39 is 0 Å². The molecule has 0 bridgehead atoms. The van der Waals surface area contributed by atoms with Crippen molar-refractivity contribution in [3.63, 3.8) is 0 Å². The van der Waals surface area contributed by atoms with Crippen LogP contribution in [-0.2, 0) is 4.74 Å². The number of rotatable bonds is 4. The molecule has 1 fully saturated rings. The first-order chi connectivity index (χ1) is 7.84. The molecule has 1 aromatic carbocycles. The van der Waals surface area contributed by atoms with Crippen LogP contribution in [0, 0.1) is 0 Å². The first-order valence-electron chi connectivity index (χ1n) is 5.34. The maximum Gasteiger partial charge on any atom is 0.0882 e. The second kappa shape index (κ2) is 5.82. The van der Waals surface area contributed by atoms with Crippen molar-refractivity contribution in [3.05, 3.63) is 29.3 Å². The third kappa shape index (κ3) is 3.47. The summed E-state index contributed by atoms with van der Waals surface area (Å²) in [5, 5.41) is 8.62. The Morgan fingerprint density at radius 1 is 1.38 bits per heavy atom. The van der Waals surface area contributed by atoms with E-state index in [0.29, 0.717) is 11.6 Å². The third-order valence-corrected chi connectivity index (χ3v) is 2.66. The van der Waals surface area contributed by atoms with E-state index in [0.717, 1.165) is 25.1 Å². The normalized spacial score (nSPS) is 20.4. The number of nitrogens with zero attached hydrogens (tertiary/aromatic N) is 2. The maximum absolute atomic E-state index is 5.76. The van der Waals surface area contributed by atoms with Crippen LogP contribution in [0.1, 0.15) is 12.8 Å². The van der Waals surface area contributed by atoms with Gasteiger partial charge in [0.05, 0.1) is 18.3 Å². The molecule has 1 unspecified atom stereocenters. The Morgan fingerprint density at radius 3 is 2.88 bits per heavy atom. The van der Waals surface area contributed by atoms with Gasteiger partial charge in [-0.25, -0.2) is 0 Å². The molecule has 1 saturated heterocycles. The smallest absolute Gasteiger partial charge is 0.0882 e. The summed E-state index contributed by atoms with van der Waals surface area (Å²) in [7, 11) is 0. The summed E-state index contributed by atoms with van der Waals surface area (Å²) >= 11 is 5.76. The van der Waals surface area contributed by atoms with Gasteiger partial charge in [0, 0.05) is 11.6 Å². The molecule has 86 valence electrons. The number of anilines is 1. The Kier molecular flexibility index (Phi) is 4.13. The minimum atomic E-state index is 0.246. The van der Waals surface area contributed by atoms with Crippen LogP contribution in [0.5, 0.6) is 0 Å². The molecule has 5 heteroatoms. The fraction of sp³-hybridized carbons (Fsp3) is 0.455. The predicted molar refractivity (Wildman–Crippen MR) is 63.8 cm³/mol. The van der Waals surface area contributed by atoms with Crippen LogP contribution in [-0.4, -0.2) is 19.3 Å². The van der Waals surface area contributed by atoms with Gasteiger partial charge in [0.15, 0.2) is 0 Å². The van der Waals surface area contributed by atoms with E-state index in [1.54, 1.807) is 12.1 Å². The van der Waals surface area contributed by atoms with E-state index in [1.165, 1.54) is 0 Å². The Morgan fingerprint density at radius 2 is 2.19 bits per heavy atom. The summed E-state index contributed by atoms with van der Waals surface area (Å²) in [5.41, 5.74) is 3.72. The van der Waals surface area contributed by atoms with Gasteiger partial charge in [-0.3, -0.25) is 5.43 Å². The van der Waals surface area contributed by atoms with Gasteiger partial charge in [-0.05, 0) is 37.1 Å². The zero-order valence-electron chi connectivity index (χ0n) is 8.90. The zero-order valence-corrected chi connectivity index (χ0v) is 9.65. The van der Waals surface area contributed by atoms with Crippen LogP contribution >= 0.6 is 11.6 Å². The lowest BCUT2D eigenvalue weighted by atomic mass is 10.2. The van der Waals surface area contributed by atoms with Crippen molar-refractivity contribution in [2.24, 2.45) is 10.3 Å². The largest absolute Gasteiger partial charge is 0.376 e. The van der Waals surface area contributed by atoms with Crippen LogP contribution in [0.25, 0.3) is 0 Å². The predicted octanol–water partition coefficient (Wildman–Crippen LogP) is 3.30. The lowest BCUT2D eigenvalue weighted by molar-refractivity contribution is 0.116. The summed E-state index contributed by atoms with van der Waals surface area (Å²) in [6, 6.07) is 7.32. The average molecular weight is 240 g/mol. The average Bonchev–Trinajstić information content (AvgIpc) is 2.80. The van der Waals surface area contributed by atoms with E-state index >= 15 is 0 Å². The number of nitrogens with one attached hydrogen (secondary N) is 1. The Labute approximate surface area is 99.6 Å². The second-order valence-corrected chi connectivity index (χ2v) is 4.11. The molecule has 0 amide bonds. The molecule has 0 aliphatic carbocycles. The highest BCUT2D eigenvalue weighted by atomic mass is 35.5. The molecule has 2 rings (SSSR count). The van der Waals surface area contributed by atoms with Gasteiger partial charge in [0.25, 0.3) is 0 Å². The molecule has 0 aromatic heterocycles. The van der Waals surface area contributed by atoms with Crippen LogP contribution < -0.4 is 5.43 Å². The molecular formula is C11H14ClN3O. The van der Waals surface area contributed by atoms with Gasteiger partial charge < -0.3 is 4.74 Å². The van der Waals surface area contributed by atoms with Crippen molar-refractivity contribution in [3.8, 4) is 0 Å². The molecule has 0 spiro atoms. The molecule has 1 aliphatic heterocycles. The van der Waals surface area contributed by atoms with Crippen molar-refractivity contribution >= 4 is 17.3 Å². The number of halogens is 1. The Bertz CT molecular complexity index is 347. The molecule has 1 heterocycles. The van der Waals surface area contributed by atoms with Gasteiger partial charge in [-0.2, -0.15) is 5.11 Å². The van der Waals surface area contributed by atoms with Crippen LogP contribution in [0.4, 0.5) is 5.69 Å². The first-order valence-corrected chi connectivity index (χ1v) is 5.72. The molecule has 0 radical (unpaired) electrons. The Hall–Kier alpha value is -1.13. The van der Waals surface area contributed by atoms with Gasteiger partial charge in [0.2, 0.25) is 0 Å². The fourth-order valence-corrected chi connectivity index (χ4v) is 1.66. The highest BCUT2D eigenvalue weighted by molar-refractivity contribution is 6.30. The SMILES string of the molecule is Clc1ccc(NN=NCC2CCCO2)cc1. The zero-order chi connectivity index (χ0) is 11.2. The van der Waals surface area contributed by atoms with Crippen LogP contribution in [0.3, 0.4) is 0 Å². The van der Waals surface area contributed by atoms with E-state index in [2.05, 4.69) is 15.8 Å². The number of ether oxygens (including phenoxy) is 1. The van der Waals surface area contributed by atoms with Crippen molar-refractivity contribution in [1.29, 1.82) is 0 Å². The van der Waals surface area contributed by atoms with Gasteiger partial charge in [0.1, 0.15) is 0 Å². The molecule has 1 atom stereocenters. The van der Waals surface area contributed by atoms with Gasteiger partial charge >= 0.3 is 0 Å². The van der Waals surface area contributed by atoms with Crippen molar-refractivity contribution in [2.45, 2.75) is 18.9 Å². The lowest BCUT2D eigenvalue weighted by Crippen LogP contribution is -2.08. The monoisotopic (exact) mass is 239 g/mol. The lowest BCUT2D eigenvalue weighted by Gasteiger charge is -2.03. The molecule has 16 heavy (non-hydrogen) atoms. The van der Waals surface area contributed by atoms with E-state index in [4.69, 9.17) is 16.3 Å². The highest BCUT2D eigenvalue weighted by Crippen LogP contribution is 2.14. The molecule has 1 aromatic rings. The summed E-state index contributed by atoms with van der Waals surface area (Å²) in [5.74, 6) is 0.